The third-order valence-corrected chi connectivity index (χ3v) is 4.77. The Labute approximate surface area is 171 Å². The van der Waals surface area contributed by atoms with Crippen molar-refractivity contribution in [1.82, 2.24) is 19.6 Å². The highest BCUT2D eigenvalue weighted by atomic mass is 35.5. The number of nitrogens with one attached hydrogen (secondary N) is 2. The molecule has 0 unspecified atom stereocenters. The number of aryl methyl sites for hydroxylation is 1. The van der Waals surface area contributed by atoms with Gasteiger partial charge in [-0.2, -0.15) is 9.50 Å². The minimum absolute atomic E-state index is 0.120. The normalized spacial score (nSPS) is 11.0. The summed E-state index contributed by atoms with van der Waals surface area (Å²) in [6.07, 6.45) is 1.55. The number of nitrogens with zero attached hydrogens (tertiary/aromatic N) is 3. The van der Waals surface area contributed by atoms with Gasteiger partial charge >= 0.3 is 0 Å². The molecule has 0 aliphatic rings. The molecule has 0 bridgehead atoms. The Morgan fingerprint density at radius 1 is 1.10 bits per heavy atom. The van der Waals surface area contributed by atoms with Gasteiger partial charge in [0.25, 0.3) is 17.2 Å². The second-order valence-corrected chi connectivity index (χ2v) is 6.97. The average molecular weight is 408 g/mol. The molecule has 2 N–H and O–H groups in total. The van der Waals surface area contributed by atoms with E-state index in [2.05, 4.69) is 20.4 Å². The van der Waals surface area contributed by atoms with Gasteiger partial charge in [-0.15, -0.1) is 0 Å². The number of benzene rings is 2. The van der Waals surface area contributed by atoms with E-state index in [1.54, 1.807) is 12.1 Å². The smallest absolute Gasteiger partial charge is 0.274 e. The maximum Gasteiger partial charge on any atom is 0.274 e. The van der Waals surface area contributed by atoms with Crippen LogP contribution >= 0.6 is 11.6 Å². The molecule has 0 saturated carbocycles. The number of carbonyl (C=O) groups is 1. The van der Waals surface area contributed by atoms with Crippen molar-refractivity contribution < 1.29 is 4.79 Å². The van der Waals surface area contributed by atoms with Gasteiger partial charge in [0.05, 0.1) is 16.3 Å². The van der Waals surface area contributed by atoms with Crippen LogP contribution in [-0.4, -0.2) is 25.5 Å². The standard InChI is InChI=1S/C21H18ClN5O2/c1-2-6-15-12-18(28)27-21(23-15)25-20(26-27)24-19(29)16-11-14(9-10-17(16)22)13-7-4-3-5-8-13/h3-5,7-12H,2,6H2,1H3,(H2,23,24,25,26,29). The molecule has 7 nitrogen and oxygen atoms in total. The summed E-state index contributed by atoms with van der Waals surface area (Å²) in [7, 11) is 0. The van der Waals surface area contributed by atoms with Gasteiger partial charge in [-0.1, -0.05) is 61.3 Å². The molecule has 1 amide bonds. The minimum atomic E-state index is -0.436. The third kappa shape index (κ3) is 3.90. The highest BCUT2D eigenvalue weighted by Crippen LogP contribution is 2.25. The Balaban J connectivity index is 1.64. The van der Waals surface area contributed by atoms with Gasteiger partial charge in [0.15, 0.2) is 0 Å². The Hall–Kier alpha value is -3.45. The van der Waals surface area contributed by atoms with E-state index < -0.39 is 5.91 Å². The molecule has 0 fully saturated rings. The molecule has 146 valence electrons. The average Bonchev–Trinajstić information content (AvgIpc) is 3.12. The Bertz CT molecular complexity index is 1250. The van der Waals surface area contributed by atoms with Crippen molar-refractivity contribution in [3.05, 3.63) is 81.2 Å². The van der Waals surface area contributed by atoms with Gasteiger partial charge in [0.1, 0.15) is 0 Å². The summed E-state index contributed by atoms with van der Waals surface area (Å²) in [6.45, 7) is 2.01. The van der Waals surface area contributed by atoms with E-state index in [4.69, 9.17) is 11.6 Å². The second kappa shape index (κ2) is 7.89. The number of hydrogen-bond donors (Lipinski definition) is 2. The first kappa shape index (κ1) is 18.9. The van der Waals surface area contributed by atoms with Crippen molar-refractivity contribution in [2.45, 2.75) is 19.8 Å². The predicted octanol–water partition coefficient (Wildman–Crippen LogP) is 3.94. The summed E-state index contributed by atoms with van der Waals surface area (Å²) in [6, 6.07) is 16.4. The summed E-state index contributed by atoms with van der Waals surface area (Å²) in [4.78, 5) is 33.6. The van der Waals surface area contributed by atoms with Crippen molar-refractivity contribution in [2.24, 2.45) is 0 Å². The first-order valence-electron chi connectivity index (χ1n) is 9.20. The molecular formula is C21H18ClN5O2. The quantitative estimate of drug-likeness (QED) is 0.524. The Morgan fingerprint density at radius 2 is 1.90 bits per heavy atom. The summed E-state index contributed by atoms with van der Waals surface area (Å²) in [5, 5.41) is 5.73. The number of rotatable bonds is 5. The van der Waals surface area contributed by atoms with Crippen molar-refractivity contribution in [3.8, 4) is 11.1 Å². The van der Waals surface area contributed by atoms with Gasteiger partial charge in [-0.05, 0) is 29.7 Å². The number of amides is 1. The zero-order chi connectivity index (χ0) is 20.4. The second-order valence-electron chi connectivity index (χ2n) is 6.56. The van der Waals surface area contributed by atoms with Crippen LogP contribution in [0.3, 0.4) is 0 Å². The lowest BCUT2D eigenvalue weighted by molar-refractivity contribution is 0.102. The van der Waals surface area contributed by atoms with Crippen LogP contribution in [0.15, 0.2) is 59.4 Å². The summed E-state index contributed by atoms with van der Waals surface area (Å²) in [5.74, 6) is -0.108. The number of aromatic nitrogens is 4. The van der Waals surface area contributed by atoms with E-state index in [1.807, 2.05) is 43.3 Å². The Kier molecular flexibility index (Phi) is 5.14. The van der Waals surface area contributed by atoms with Crippen LogP contribution in [0, 0.1) is 0 Å². The van der Waals surface area contributed by atoms with Crippen molar-refractivity contribution in [1.29, 1.82) is 0 Å². The molecule has 0 aliphatic carbocycles. The lowest BCUT2D eigenvalue weighted by Crippen LogP contribution is -2.16. The third-order valence-electron chi connectivity index (χ3n) is 4.44. The number of halogens is 1. The fourth-order valence-corrected chi connectivity index (χ4v) is 3.26. The minimum Gasteiger partial charge on any atom is -0.291 e. The van der Waals surface area contributed by atoms with E-state index in [0.29, 0.717) is 22.7 Å². The summed E-state index contributed by atoms with van der Waals surface area (Å²) >= 11 is 6.25. The maximum absolute atomic E-state index is 12.8. The molecule has 4 rings (SSSR count). The van der Waals surface area contributed by atoms with E-state index in [0.717, 1.165) is 17.5 Å². The van der Waals surface area contributed by atoms with E-state index in [9.17, 15) is 9.59 Å². The monoisotopic (exact) mass is 407 g/mol. The van der Waals surface area contributed by atoms with Crippen LogP contribution in [0.1, 0.15) is 29.4 Å². The van der Waals surface area contributed by atoms with Crippen LogP contribution in [-0.2, 0) is 6.42 Å². The molecule has 2 aromatic carbocycles. The van der Waals surface area contributed by atoms with Gasteiger partial charge < -0.3 is 0 Å². The van der Waals surface area contributed by atoms with Crippen LogP contribution in [0.25, 0.3) is 16.9 Å². The lowest BCUT2D eigenvalue weighted by Gasteiger charge is -2.07. The van der Waals surface area contributed by atoms with Crippen molar-refractivity contribution in [2.75, 3.05) is 5.32 Å². The van der Waals surface area contributed by atoms with Crippen molar-refractivity contribution >= 4 is 29.2 Å². The molecule has 2 aromatic heterocycles. The lowest BCUT2D eigenvalue weighted by atomic mass is 10.0. The van der Waals surface area contributed by atoms with E-state index >= 15 is 0 Å². The first-order valence-corrected chi connectivity index (χ1v) is 9.58. The highest BCUT2D eigenvalue weighted by Gasteiger charge is 2.15. The SMILES string of the molecule is CCCc1cc(=O)n2[nH]c(NC(=O)c3cc(-c4ccccc4)ccc3Cl)nc2n1. The Morgan fingerprint density at radius 3 is 2.66 bits per heavy atom. The molecule has 4 aromatic rings. The zero-order valence-electron chi connectivity index (χ0n) is 15.6. The molecule has 0 saturated heterocycles. The fraction of sp³-hybridized carbons (Fsp3) is 0.143. The summed E-state index contributed by atoms with van der Waals surface area (Å²) < 4.78 is 1.19. The number of aromatic amines is 1. The van der Waals surface area contributed by atoms with Crippen molar-refractivity contribution in [3.63, 3.8) is 0 Å². The van der Waals surface area contributed by atoms with Crippen LogP contribution in [0.5, 0.6) is 0 Å². The van der Waals surface area contributed by atoms with E-state index in [-0.39, 0.29) is 17.3 Å². The number of H-pyrrole nitrogens is 1. The fourth-order valence-electron chi connectivity index (χ4n) is 3.05. The predicted molar refractivity (Wildman–Crippen MR) is 112 cm³/mol. The molecule has 0 spiro atoms. The zero-order valence-corrected chi connectivity index (χ0v) is 16.4. The highest BCUT2D eigenvalue weighted by molar-refractivity contribution is 6.34. The topological polar surface area (TPSA) is 92.2 Å². The van der Waals surface area contributed by atoms with Crippen LogP contribution < -0.4 is 10.9 Å². The van der Waals surface area contributed by atoms with Crippen LogP contribution in [0.4, 0.5) is 5.95 Å². The first-order chi connectivity index (χ1) is 14.0. The molecule has 29 heavy (non-hydrogen) atoms. The van der Waals surface area contributed by atoms with Gasteiger partial charge in [0.2, 0.25) is 5.95 Å². The molecule has 0 aliphatic heterocycles. The number of fused-ring (bicyclic) bond motifs is 1. The van der Waals surface area contributed by atoms with Gasteiger partial charge in [-0.25, -0.2) is 4.98 Å². The molecule has 2 heterocycles. The largest absolute Gasteiger partial charge is 0.291 e. The summed E-state index contributed by atoms with van der Waals surface area (Å²) in [5.41, 5.74) is 2.53. The maximum atomic E-state index is 12.8. The van der Waals surface area contributed by atoms with Gasteiger partial charge in [0, 0.05) is 6.07 Å². The number of carbonyl (C=O) groups excluding carboxylic acids is 1. The molecule has 0 atom stereocenters. The molecular weight excluding hydrogens is 390 g/mol. The number of anilines is 1. The van der Waals surface area contributed by atoms with Crippen LogP contribution in [0.2, 0.25) is 5.02 Å². The molecule has 8 heteroatoms. The molecule has 0 radical (unpaired) electrons. The van der Waals surface area contributed by atoms with Gasteiger partial charge in [-0.3, -0.25) is 20.0 Å². The number of hydrogen-bond acceptors (Lipinski definition) is 4. The van der Waals surface area contributed by atoms with E-state index in [1.165, 1.54) is 10.6 Å².